The van der Waals surface area contributed by atoms with Crippen LogP contribution in [0.1, 0.15) is 23.0 Å². The van der Waals surface area contributed by atoms with E-state index in [1.165, 1.54) is 4.88 Å². The van der Waals surface area contributed by atoms with Crippen LogP contribution in [-0.2, 0) is 6.54 Å². The molecule has 1 heterocycles. The number of aliphatic hydroxyl groups excluding tert-OH is 1. The van der Waals surface area contributed by atoms with E-state index in [0.29, 0.717) is 0 Å². The van der Waals surface area contributed by atoms with Gasteiger partial charge in [-0.25, -0.2) is 0 Å². The summed E-state index contributed by atoms with van der Waals surface area (Å²) in [6.45, 7) is 1.63. The molecule has 0 saturated carbocycles. The van der Waals surface area contributed by atoms with E-state index in [1.807, 2.05) is 42.0 Å². The molecule has 1 aromatic heterocycles. The van der Waals surface area contributed by atoms with E-state index in [0.717, 1.165) is 25.1 Å². The molecule has 0 aliphatic heterocycles. The Morgan fingerprint density at radius 2 is 2.12 bits per heavy atom. The number of nitrogens with one attached hydrogen (secondary N) is 1. The van der Waals surface area contributed by atoms with Crippen molar-refractivity contribution in [3.05, 3.63) is 52.5 Å². The van der Waals surface area contributed by atoms with Gasteiger partial charge in [-0.1, -0.05) is 30.3 Å². The summed E-state index contributed by atoms with van der Waals surface area (Å²) in [5.41, 5.74) is 2.81. The lowest BCUT2D eigenvalue weighted by Crippen LogP contribution is -2.16. The Hall–Kier alpha value is -1.23. The lowest BCUT2D eigenvalue weighted by atomic mass is 10.1. The SMILES string of the molecule is O[C@H](CCNCc1cncs1)c1ccccc1. The van der Waals surface area contributed by atoms with Crippen LogP contribution in [0, 0.1) is 0 Å². The Labute approximate surface area is 105 Å². The van der Waals surface area contributed by atoms with Gasteiger partial charge in [0, 0.05) is 17.6 Å². The van der Waals surface area contributed by atoms with E-state index in [-0.39, 0.29) is 6.10 Å². The monoisotopic (exact) mass is 248 g/mol. The number of aliphatic hydroxyl groups is 1. The summed E-state index contributed by atoms with van der Waals surface area (Å²) < 4.78 is 0. The summed E-state index contributed by atoms with van der Waals surface area (Å²) in [5.74, 6) is 0. The number of rotatable bonds is 6. The standard InChI is InChI=1S/C13H16N2OS/c16-13(11-4-2-1-3-5-11)6-7-14-8-12-9-15-10-17-12/h1-5,9-10,13-14,16H,6-8H2/t13-/m1/s1. The number of nitrogens with zero attached hydrogens (tertiary/aromatic N) is 1. The van der Waals surface area contributed by atoms with Crippen LogP contribution in [0.15, 0.2) is 42.0 Å². The molecule has 2 aromatic rings. The van der Waals surface area contributed by atoms with Crippen molar-refractivity contribution >= 4 is 11.3 Å². The third kappa shape index (κ3) is 3.93. The zero-order chi connectivity index (χ0) is 11.9. The molecule has 0 fully saturated rings. The van der Waals surface area contributed by atoms with Crippen molar-refractivity contribution < 1.29 is 5.11 Å². The van der Waals surface area contributed by atoms with Crippen LogP contribution in [0.25, 0.3) is 0 Å². The van der Waals surface area contributed by atoms with Crippen molar-refractivity contribution in [2.24, 2.45) is 0 Å². The van der Waals surface area contributed by atoms with Crippen molar-refractivity contribution in [2.75, 3.05) is 6.54 Å². The Kier molecular flexibility index (Phi) is 4.67. The molecule has 0 spiro atoms. The first kappa shape index (κ1) is 12.2. The summed E-state index contributed by atoms with van der Waals surface area (Å²) in [4.78, 5) is 5.23. The van der Waals surface area contributed by atoms with Crippen LogP contribution in [0.5, 0.6) is 0 Å². The van der Waals surface area contributed by atoms with Gasteiger partial charge in [0.25, 0.3) is 0 Å². The van der Waals surface area contributed by atoms with Gasteiger partial charge in [0.15, 0.2) is 0 Å². The van der Waals surface area contributed by atoms with Gasteiger partial charge in [-0.2, -0.15) is 0 Å². The van der Waals surface area contributed by atoms with E-state index in [9.17, 15) is 5.11 Å². The Morgan fingerprint density at radius 3 is 2.82 bits per heavy atom. The smallest absolute Gasteiger partial charge is 0.0802 e. The van der Waals surface area contributed by atoms with Crippen molar-refractivity contribution in [3.8, 4) is 0 Å². The molecule has 4 heteroatoms. The first-order valence-electron chi connectivity index (χ1n) is 5.67. The molecule has 1 aromatic carbocycles. The van der Waals surface area contributed by atoms with Crippen LogP contribution >= 0.6 is 11.3 Å². The first-order valence-corrected chi connectivity index (χ1v) is 6.55. The molecule has 0 bridgehead atoms. The van der Waals surface area contributed by atoms with Gasteiger partial charge in [-0.15, -0.1) is 11.3 Å². The molecular weight excluding hydrogens is 232 g/mol. The van der Waals surface area contributed by atoms with Crippen LogP contribution in [0.3, 0.4) is 0 Å². The quantitative estimate of drug-likeness (QED) is 0.771. The fraction of sp³-hybridized carbons (Fsp3) is 0.308. The molecule has 2 N–H and O–H groups in total. The number of hydrogen-bond donors (Lipinski definition) is 2. The van der Waals surface area contributed by atoms with Crippen molar-refractivity contribution in [1.29, 1.82) is 0 Å². The van der Waals surface area contributed by atoms with Crippen molar-refractivity contribution in [2.45, 2.75) is 19.1 Å². The number of benzene rings is 1. The predicted octanol–water partition coefficient (Wildman–Crippen LogP) is 2.36. The van der Waals surface area contributed by atoms with Gasteiger partial charge in [0.05, 0.1) is 11.6 Å². The first-order chi connectivity index (χ1) is 8.36. The molecule has 0 unspecified atom stereocenters. The molecule has 0 radical (unpaired) electrons. The van der Waals surface area contributed by atoms with Crippen LogP contribution in [-0.4, -0.2) is 16.6 Å². The van der Waals surface area contributed by atoms with Crippen molar-refractivity contribution in [3.63, 3.8) is 0 Å². The largest absolute Gasteiger partial charge is 0.388 e. The van der Waals surface area contributed by atoms with Gasteiger partial charge in [0.1, 0.15) is 0 Å². The maximum Gasteiger partial charge on any atom is 0.0802 e. The fourth-order valence-corrected chi connectivity index (χ4v) is 2.19. The second-order valence-corrected chi connectivity index (χ2v) is 4.83. The van der Waals surface area contributed by atoms with E-state index in [1.54, 1.807) is 11.3 Å². The van der Waals surface area contributed by atoms with Gasteiger partial charge >= 0.3 is 0 Å². The molecule has 2 rings (SSSR count). The molecular formula is C13H16N2OS. The molecule has 3 nitrogen and oxygen atoms in total. The summed E-state index contributed by atoms with van der Waals surface area (Å²) in [5, 5.41) is 13.2. The topological polar surface area (TPSA) is 45.1 Å². The van der Waals surface area contributed by atoms with E-state index >= 15 is 0 Å². The summed E-state index contributed by atoms with van der Waals surface area (Å²) in [7, 11) is 0. The summed E-state index contributed by atoms with van der Waals surface area (Å²) in [6, 6.07) is 9.76. The third-order valence-electron chi connectivity index (χ3n) is 2.56. The lowest BCUT2D eigenvalue weighted by molar-refractivity contribution is 0.167. The molecule has 1 atom stereocenters. The van der Waals surface area contributed by atoms with Gasteiger partial charge in [-0.3, -0.25) is 4.98 Å². The zero-order valence-corrected chi connectivity index (χ0v) is 10.4. The van der Waals surface area contributed by atoms with Crippen molar-refractivity contribution in [1.82, 2.24) is 10.3 Å². The molecule has 0 aliphatic rings. The second-order valence-electron chi connectivity index (χ2n) is 3.86. The van der Waals surface area contributed by atoms with E-state index in [4.69, 9.17) is 0 Å². The van der Waals surface area contributed by atoms with Crippen LogP contribution < -0.4 is 5.32 Å². The van der Waals surface area contributed by atoms with Crippen LogP contribution in [0.2, 0.25) is 0 Å². The molecule has 90 valence electrons. The Balaban J connectivity index is 1.68. The number of hydrogen-bond acceptors (Lipinski definition) is 4. The van der Waals surface area contributed by atoms with E-state index < -0.39 is 0 Å². The normalized spacial score (nSPS) is 12.5. The highest BCUT2D eigenvalue weighted by atomic mass is 32.1. The minimum atomic E-state index is -0.384. The molecule has 0 amide bonds. The lowest BCUT2D eigenvalue weighted by Gasteiger charge is -2.10. The average Bonchev–Trinajstić information content (AvgIpc) is 2.88. The Bertz CT molecular complexity index is 416. The van der Waals surface area contributed by atoms with Crippen LogP contribution in [0.4, 0.5) is 0 Å². The predicted molar refractivity (Wildman–Crippen MR) is 69.8 cm³/mol. The van der Waals surface area contributed by atoms with Gasteiger partial charge < -0.3 is 10.4 Å². The van der Waals surface area contributed by atoms with Gasteiger partial charge in [-0.05, 0) is 18.5 Å². The zero-order valence-electron chi connectivity index (χ0n) is 9.54. The molecule has 17 heavy (non-hydrogen) atoms. The minimum Gasteiger partial charge on any atom is -0.388 e. The number of thiazole rings is 1. The molecule has 0 aliphatic carbocycles. The third-order valence-corrected chi connectivity index (χ3v) is 3.34. The maximum atomic E-state index is 9.93. The maximum absolute atomic E-state index is 9.93. The van der Waals surface area contributed by atoms with E-state index in [2.05, 4.69) is 10.3 Å². The summed E-state index contributed by atoms with van der Waals surface area (Å²) in [6.07, 6.45) is 2.21. The minimum absolute atomic E-state index is 0.384. The molecule has 0 saturated heterocycles. The summed E-state index contributed by atoms with van der Waals surface area (Å²) >= 11 is 1.64. The fourth-order valence-electron chi connectivity index (χ4n) is 1.62. The van der Waals surface area contributed by atoms with Gasteiger partial charge in [0.2, 0.25) is 0 Å². The highest BCUT2D eigenvalue weighted by molar-refractivity contribution is 7.09. The highest BCUT2D eigenvalue weighted by Gasteiger charge is 2.05. The average molecular weight is 248 g/mol. The number of aromatic nitrogens is 1. The highest BCUT2D eigenvalue weighted by Crippen LogP contribution is 2.15. The second kappa shape index (κ2) is 6.49. The Morgan fingerprint density at radius 1 is 1.29 bits per heavy atom.